The summed E-state index contributed by atoms with van der Waals surface area (Å²) in [6.07, 6.45) is -4.67. The summed E-state index contributed by atoms with van der Waals surface area (Å²) in [5, 5.41) is 2.48. The SMILES string of the molecule is O=C(Cn1c2c(sc1=O)[C@@H](c1ccc(Cl)cc1)[C@@H]1C(=O)N(c3cccc(C(F)(F)F)c3)C(=O)[C@@H]1S2)Nc1ccccc1. The zero-order chi connectivity index (χ0) is 29.8. The fraction of sp³-hybridized carbons (Fsp3) is 0.172. The van der Waals surface area contributed by atoms with Crippen LogP contribution in [0.4, 0.5) is 24.5 Å². The van der Waals surface area contributed by atoms with Crippen LogP contribution >= 0.6 is 34.7 Å². The fourth-order valence-corrected chi connectivity index (χ4v) is 8.13. The highest BCUT2D eigenvalue weighted by Gasteiger charge is 2.57. The van der Waals surface area contributed by atoms with Crippen molar-refractivity contribution in [3.05, 3.63) is 110 Å². The summed E-state index contributed by atoms with van der Waals surface area (Å²) in [7, 11) is 0. The Bertz CT molecular complexity index is 1770. The number of thioether (sulfide) groups is 1. The van der Waals surface area contributed by atoms with Gasteiger partial charge in [-0.25, -0.2) is 4.90 Å². The second-order valence-corrected chi connectivity index (χ2v) is 12.3. The van der Waals surface area contributed by atoms with Gasteiger partial charge in [0.15, 0.2) is 0 Å². The molecule has 7 nitrogen and oxygen atoms in total. The van der Waals surface area contributed by atoms with E-state index in [1.54, 1.807) is 54.6 Å². The summed E-state index contributed by atoms with van der Waals surface area (Å²) < 4.78 is 41.6. The van der Waals surface area contributed by atoms with Gasteiger partial charge in [-0.1, -0.05) is 71.1 Å². The van der Waals surface area contributed by atoms with Crippen LogP contribution < -0.4 is 15.1 Å². The van der Waals surface area contributed by atoms with E-state index in [1.165, 1.54) is 10.6 Å². The molecule has 1 N–H and O–H groups in total. The lowest BCUT2D eigenvalue weighted by molar-refractivity contribution is -0.137. The van der Waals surface area contributed by atoms with Crippen molar-refractivity contribution in [3.8, 4) is 0 Å². The molecule has 0 spiro atoms. The number of carbonyl (C=O) groups is 3. The van der Waals surface area contributed by atoms with E-state index in [4.69, 9.17) is 11.6 Å². The summed E-state index contributed by atoms with van der Waals surface area (Å²) in [6, 6.07) is 19.4. The Kier molecular flexibility index (Phi) is 7.24. The molecule has 1 fully saturated rings. The Hall–Kier alpha value is -3.87. The summed E-state index contributed by atoms with van der Waals surface area (Å²) in [4.78, 5) is 54.6. The second kappa shape index (κ2) is 10.8. The number of thiazole rings is 1. The second-order valence-electron chi connectivity index (χ2n) is 9.69. The molecule has 3 heterocycles. The molecule has 0 unspecified atom stereocenters. The monoisotopic (exact) mass is 629 g/mol. The third-order valence-electron chi connectivity index (χ3n) is 7.07. The minimum absolute atomic E-state index is 0.187. The number of amides is 3. The maximum atomic E-state index is 13.9. The standard InChI is InChI=1S/C29H19ClF3N3O4S2/c30-17-11-9-15(10-12-17)21-22-23(26(39)36(25(22)38)19-8-4-5-16(13-19)29(31,32)33)41-27-24(21)42-28(40)35(27)14-20(37)34-18-6-2-1-3-7-18/h1-13,21-23H,14H2,(H,34,37)/t21-,22-,23+/m0/s1. The minimum atomic E-state index is -4.67. The van der Waals surface area contributed by atoms with E-state index in [0.29, 0.717) is 26.2 Å². The highest BCUT2D eigenvalue weighted by Crippen LogP contribution is 2.54. The zero-order valence-electron chi connectivity index (χ0n) is 21.3. The summed E-state index contributed by atoms with van der Waals surface area (Å²) in [6.45, 7) is -0.337. The number of aromatic nitrogens is 1. The first-order valence-corrected chi connectivity index (χ1v) is 14.7. The number of halogens is 4. The number of hydrogen-bond acceptors (Lipinski definition) is 6. The lowest BCUT2D eigenvalue weighted by Gasteiger charge is -2.30. The van der Waals surface area contributed by atoms with Crippen molar-refractivity contribution in [3.63, 3.8) is 0 Å². The maximum absolute atomic E-state index is 13.9. The number of anilines is 2. The molecule has 13 heteroatoms. The number of hydrogen-bond donors (Lipinski definition) is 1. The van der Waals surface area contributed by atoms with Crippen LogP contribution in [-0.2, 0) is 27.1 Å². The third-order valence-corrected chi connectivity index (χ3v) is 9.93. The topological polar surface area (TPSA) is 88.5 Å². The highest BCUT2D eigenvalue weighted by molar-refractivity contribution is 8.00. The maximum Gasteiger partial charge on any atom is 0.416 e. The molecule has 3 atom stereocenters. The van der Waals surface area contributed by atoms with E-state index in [-0.39, 0.29) is 12.2 Å². The Morgan fingerprint density at radius 1 is 0.929 bits per heavy atom. The van der Waals surface area contributed by atoms with E-state index in [1.807, 2.05) is 0 Å². The first-order chi connectivity index (χ1) is 20.0. The molecule has 4 aromatic rings. The minimum Gasteiger partial charge on any atom is -0.325 e. The van der Waals surface area contributed by atoms with Crippen molar-refractivity contribution in [1.82, 2.24) is 4.57 Å². The summed E-state index contributed by atoms with van der Waals surface area (Å²) in [5.74, 6) is -3.61. The lowest BCUT2D eigenvalue weighted by atomic mass is 9.83. The van der Waals surface area contributed by atoms with Gasteiger partial charge in [-0.3, -0.25) is 23.7 Å². The number of fused-ring (bicyclic) bond motifs is 2. The molecular weight excluding hydrogens is 611 g/mol. The summed E-state index contributed by atoms with van der Waals surface area (Å²) in [5.41, 5.74) is -0.0350. The first-order valence-electron chi connectivity index (χ1n) is 12.6. The van der Waals surface area contributed by atoms with E-state index < -0.39 is 51.4 Å². The molecule has 1 aromatic heterocycles. The predicted octanol–water partition coefficient (Wildman–Crippen LogP) is 6.02. The molecule has 2 aliphatic rings. The van der Waals surface area contributed by atoms with E-state index in [9.17, 15) is 32.3 Å². The van der Waals surface area contributed by atoms with Gasteiger partial charge in [0, 0.05) is 21.5 Å². The van der Waals surface area contributed by atoms with Crippen molar-refractivity contribution in [2.45, 2.75) is 28.9 Å². The molecular formula is C29H19ClF3N3O4S2. The van der Waals surface area contributed by atoms with Crippen LogP contribution in [0.5, 0.6) is 0 Å². The smallest absolute Gasteiger partial charge is 0.325 e. The van der Waals surface area contributed by atoms with Crippen molar-refractivity contribution in [2.24, 2.45) is 5.92 Å². The zero-order valence-corrected chi connectivity index (χ0v) is 23.7. The van der Waals surface area contributed by atoms with Gasteiger partial charge in [0.1, 0.15) is 11.8 Å². The molecule has 1 saturated heterocycles. The highest BCUT2D eigenvalue weighted by atomic mass is 35.5. The molecule has 0 radical (unpaired) electrons. The van der Waals surface area contributed by atoms with Crippen molar-refractivity contribution in [2.75, 3.05) is 10.2 Å². The number of nitrogens with one attached hydrogen (secondary N) is 1. The molecule has 0 aliphatic carbocycles. The van der Waals surface area contributed by atoms with Crippen LogP contribution in [0.15, 0.2) is 88.7 Å². The van der Waals surface area contributed by atoms with Crippen molar-refractivity contribution in [1.29, 1.82) is 0 Å². The van der Waals surface area contributed by atoms with Crippen molar-refractivity contribution >= 4 is 63.8 Å². The first kappa shape index (κ1) is 28.3. The Balaban J connectivity index is 1.42. The molecule has 42 heavy (non-hydrogen) atoms. The molecule has 0 saturated carbocycles. The lowest BCUT2D eigenvalue weighted by Crippen LogP contribution is -2.33. The van der Waals surface area contributed by atoms with Gasteiger partial charge in [-0.15, -0.1) is 0 Å². The quantitative estimate of drug-likeness (QED) is 0.273. The Morgan fingerprint density at radius 3 is 2.33 bits per heavy atom. The van der Waals surface area contributed by atoms with Gasteiger partial charge in [-0.2, -0.15) is 13.2 Å². The number of carbonyl (C=O) groups excluding carboxylic acids is 3. The van der Waals surface area contributed by atoms with E-state index in [2.05, 4.69) is 5.32 Å². The van der Waals surface area contributed by atoms with Gasteiger partial charge in [0.2, 0.25) is 17.7 Å². The number of nitrogens with zero attached hydrogens (tertiary/aromatic N) is 2. The number of para-hydroxylation sites is 1. The number of alkyl halides is 3. The van der Waals surface area contributed by atoms with E-state index >= 15 is 0 Å². The number of benzene rings is 3. The molecule has 3 amide bonds. The van der Waals surface area contributed by atoms with Crippen LogP contribution in [-0.4, -0.2) is 27.5 Å². The predicted molar refractivity (Wildman–Crippen MR) is 154 cm³/mol. The van der Waals surface area contributed by atoms with Gasteiger partial charge in [-0.05, 0) is 48.0 Å². The van der Waals surface area contributed by atoms with Gasteiger partial charge in [0.25, 0.3) is 0 Å². The third kappa shape index (κ3) is 5.03. The summed E-state index contributed by atoms with van der Waals surface area (Å²) >= 11 is 7.95. The van der Waals surface area contributed by atoms with Crippen molar-refractivity contribution < 1.29 is 27.6 Å². The van der Waals surface area contributed by atoms with Gasteiger partial charge >= 0.3 is 11.0 Å². The van der Waals surface area contributed by atoms with Crippen LogP contribution in [0.3, 0.4) is 0 Å². The largest absolute Gasteiger partial charge is 0.416 e. The normalized spacial score (nSPS) is 19.9. The van der Waals surface area contributed by atoms with Crippen LogP contribution in [0.1, 0.15) is 21.9 Å². The van der Waals surface area contributed by atoms with Gasteiger partial charge < -0.3 is 5.32 Å². The van der Waals surface area contributed by atoms with Crippen LogP contribution in [0, 0.1) is 5.92 Å². The Morgan fingerprint density at radius 2 is 1.64 bits per heavy atom. The number of rotatable bonds is 5. The average Bonchev–Trinajstić information content (AvgIpc) is 3.40. The Labute approximate surface area is 249 Å². The van der Waals surface area contributed by atoms with Crippen LogP contribution in [0.25, 0.3) is 0 Å². The molecule has 3 aromatic carbocycles. The number of imide groups is 1. The average molecular weight is 630 g/mol. The van der Waals surface area contributed by atoms with Gasteiger partial charge in [0.05, 0.1) is 22.2 Å². The molecule has 0 bridgehead atoms. The molecule has 214 valence electrons. The molecule has 2 aliphatic heterocycles. The molecule has 6 rings (SSSR count). The van der Waals surface area contributed by atoms with E-state index in [0.717, 1.165) is 46.2 Å². The fourth-order valence-electron chi connectivity index (χ4n) is 5.23. The van der Waals surface area contributed by atoms with Crippen LogP contribution in [0.2, 0.25) is 5.02 Å².